The van der Waals surface area contributed by atoms with E-state index >= 15 is 0 Å². The van der Waals surface area contributed by atoms with E-state index in [9.17, 15) is 4.79 Å². The van der Waals surface area contributed by atoms with Crippen molar-refractivity contribution >= 4 is 29.2 Å². The fraction of sp³-hybridized carbons (Fsp3) is 0.333. The summed E-state index contributed by atoms with van der Waals surface area (Å²) in [7, 11) is 1.82. The van der Waals surface area contributed by atoms with Gasteiger partial charge < -0.3 is 10.3 Å². The molecule has 0 saturated carbocycles. The van der Waals surface area contributed by atoms with Crippen LogP contribution in [-0.2, 0) is 19.2 Å². The van der Waals surface area contributed by atoms with Gasteiger partial charge in [0.05, 0.1) is 11.4 Å². The number of nitrogens with zero attached hydrogens (tertiary/aromatic N) is 9. The fourth-order valence-corrected chi connectivity index (χ4v) is 4.14. The number of hydrogen-bond donors (Lipinski definition) is 2. The standard InChI is InChI=1S/C21H25N11O2S/c1-12(2)9-14-5-7-15(8-6-14)13(3)24-26-20(33)17-16(10-35-21-27-23-11-31(21)4)32(30-25-17)19-18(22)28-34-29-19/h5-8,11-12H,9-10H2,1-4H3,(H2,22,28)(H,26,33)/b24-13+. The molecule has 14 heteroatoms. The molecule has 182 valence electrons. The maximum Gasteiger partial charge on any atom is 0.293 e. The summed E-state index contributed by atoms with van der Waals surface area (Å²) in [5, 5.41) is 28.2. The first-order valence-corrected chi connectivity index (χ1v) is 11.8. The number of carbonyl (C=O) groups is 1. The molecule has 4 aromatic rings. The molecule has 0 bridgehead atoms. The summed E-state index contributed by atoms with van der Waals surface area (Å²) in [4.78, 5) is 13.0. The Bertz CT molecular complexity index is 1340. The average molecular weight is 496 g/mol. The van der Waals surface area contributed by atoms with Crippen molar-refractivity contribution in [2.75, 3.05) is 5.73 Å². The quantitative estimate of drug-likeness (QED) is 0.199. The number of aromatic nitrogens is 8. The van der Waals surface area contributed by atoms with Gasteiger partial charge in [0.15, 0.2) is 10.9 Å². The fourth-order valence-electron chi connectivity index (χ4n) is 3.26. The van der Waals surface area contributed by atoms with Crippen molar-refractivity contribution < 1.29 is 9.42 Å². The number of hydrogen-bond acceptors (Lipinski definition) is 11. The molecule has 0 aliphatic carbocycles. The molecule has 0 radical (unpaired) electrons. The van der Waals surface area contributed by atoms with Gasteiger partial charge in [-0.05, 0) is 40.7 Å². The molecule has 4 rings (SSSR count). The van der Waals surface area contributed by atoms with Crippen LogP contribution in [0.5, 0.6) is 0 Å². The first kappa shape index (κ1) is 24.1. The number of benzene rings is 1. The maximum atomic E-state index is 13.0. The van der Waals surface area contributed by atoms with Crippen molar-refractivity contribution in [2.45, 2.75) is 38.1 Å². The van der Waals surface area contributed by atoms with Crippen LogP contribution in [0, 0.1) is 5.92 Å². The number of hydrazone groups is 1. The summed E-state index contributed by atoms with van der Waals surface area (Å²) < 4.78 is 7.75. The van der Waals surface area contributed by atoms with Crippen molar-refractivity contribution in [3.8, 4) is 5.82 Å². The van der Waals surface area contributed by atoms with Gasteiger partial charge in [0.25, 0.3) is 5.91 Å². The summed E-state index contributed by atoms with van der Waals surface area (Å²) in [6.07, 6.45) is 2.58. The number of rotatable bonds is 9. The number of nitrogens with one attached hydrogen (secondary N) is 1. The van der Waals surface area contributed by atoms with Crippen molar-refractivity contribution in [3.05, 3.63) is 53.1 Å². The molecule has 0 atom stereocenters. The van der Waals surface area contributed by atoms with Crippen LogP contribution in [0.3, 0.4) is 0 Å². The summed E-state index contributed by atoms with van der Waals surface area (Å²) >= 11 is 1.34. The lowest BCUT2D eigenvalue weighted by atomic mass is 10.0. The SMILES string of the molecule is C/C(=N\NC(=O)c1nnn(-c2nonc2N)c1CSc1nncn1C)c1ccc(CC(C)C)cc1. The Balaban J connectivity index is 1.55. The molecule has 1 aromatic carbocycles. The predicted octanol–water partition coefficient (Wildman–Crippen LogP) is 2.01. The van der Waals surface area contributed by atoms with Crippen molar-refractivity contribution in [2.24, 2.45) is 18.1 Å². The first-order valence-electron chi connectivity index (χ1n) is 10.8. The van der Waals surface area contributed by atoms with Gasteiger partial charge in [-0.15, -0.1) is 15.3 Å². The third-order valence-corrected chi connectivity index (χ3v) is 6.07. The van der Waals surface area contributed by atoms with Crippen molar-refractivity contribution in [3.63, 3.8) is 0 Å². The van der Waals surface area contributed by atoms with Crippen LogP contribution >= 0.6 is 11.8 Å². The van der Waals surface area contributed by atoms with Gasteiger partial charge in [0, 0.05) is 12.8 Å². The van der Waals surface area contributed by atoms with Crippen LogP contribution in [0.4, 0.5) is 5.82 Å². The Morgan fingerprint density at radius 3 is 2.63 bits per heavy atom. The average Bonchev–Trinajstić information content (AvgIpc) is 3.55. The molecule has 0 unspecified atom stereocenters. The van der Waals surface area contributed by atoms with E-state index in [1.54, 1.807) is 10.9 Å². The number of nitrogens with two attached hydrogens (primary N) is 1. The van der Waals surface area contributed by atoms with Crippen molar-refractivity contribution in [1.29, 1.82) is 0 Å². The third kappa shape index (κ3) is 5.54. The van der Waals surface area contributed by atoms with Gasteiger partial charge in [0.1, 0.15) is 6.33 Å². The molecule has 0 saturated heterocycles. The normalized spacial score (nSPS) is 11.9. The van der Waals surface area contributed by atoms with E-state index in [4.69, 9.17) is 5.73 Å². The van der Waals surface area contributed by atoms with Gasteiger partial charge in [-0.3, -0.25) is 4.79 Å². The summed E-state index contributed by atoms with van der Waals surface area (Å²) in [6.45, 7) is 6.18. The van der Waals surface area contributed by atoms with E-state index in [2.05, 4.69) is 72.0 Å². The number of thioether (sulfide) groups is 1. The highest BCUT2D eigenvalue weighted by atomic mass is 32.2. The van der Waals surface area contributed by atoms with E-state index in [1.807, 2.05) is 26.1 Å². The monoisotopic (exact) mass is 495 g/mol. The highest BCUT2D eigenvalue weighted by molar-refractivity contribution is 7.98. The molecular weight excluding hydrogens is 470 g/mol. The number of aryl methyl sites for hydroxylation is 1. The van der Waals surface area contributed by atoms with E-state index in [1.165, 1.54) is 22.0 Å². The smallest absolute Gasteiger partial charge is 0.293 e. The van der Waals surface area contributed by atoms with Gasteiger partial charge in [-0.2, -0.15) is 9.78 Å². The molecule has 0 spiro atoms. The van der Waals surface area contributed by atoms with Crippen LogP contribution in [-0.4, -0.2) is 51.7 Å². The number of amides is 1. The molecule has 1 amide bonds. The zero-order valence-corrected chi connectivity index (χ0v) is 20.5. The molecule has 3 heterocycles. The summed E-state index contributed by atoms with van der Waals surface area (Å²) in [5.74, 6) is 0.463. The second-order valence-corrected chi connectivity index (χ2v) is 9.16. The van der Waals surface area contributed by atoms with Crippen LogP contribution in [0.2, 0.25) is 0 Å². The Morgan fingerprint density at radius 2 is 2.00 bits per heavy atom. The van der Waals surface area contributed by atoms with Gasteiger partial charge in [-0.1, -0.05) is 55.1 Å². The van der Waals surface area contributed by atoms with Gasteiger partial charge in [0.2, 0.25) is 11.6 Å². The molecule has 3 N–H and O–H groups in total. The first-order chi connectivity index (χ1) is 16.8. The summed E-state index contributed by atoms with van der Waals surface area (Å²) in [6, 6.07) is 8.12. The number of nitrogen functional groups attached to an aromatic ring is 1. The molecular formula is C21H25N11O2S. The molecule has 3 aromatic heterocycles. The highest BCUT2D eigenvalue weighted by Crippen LogP contribution is 2.24. The zero-order chi connectivity index (χ0) is 24.9. The van der Waals surface area contributed by atoms with Crippen LogP contribution in [0.25, 0.3) is 5.82 Å². The van der Waals surface area contributed by atoms with E-state index in [0.717, 1.165) is 12.0 Å². The Hall–Kier alpha value is -4.07. The van der Waals surface area contributed by atoms with Crippen LogP contribution in [0.1, 0.15) is 48.1 Å². The Kier molecular flexibility index (Phi) is 7.19. The second kappa shape index (κ2) is 10.5. The minimum Gasteiger partial charge on any atom is -0.378 e. The van der Waals surface area contributed by atoms with E-state index in [-0.39, 0.29) is 23.1 Å². The van der Waals surface area contributed by atoms with Gasteiger partial charge >= 0.3 is 0 Å². The molecule has 13 nitrogen and oxygen atoms in total. The third-order valence-electron chi connectivity index (χ3n) is 5.02. The van der Waals surface area contributed by atoms with Crippen LogP contribution < -0.4 is 11.2 Å². The lowest BCUT2D eigenvalue weighted by molar-refractivity contribution is 0.0949. The minimum absolute atomic E-state index is 0.0153. The lowest BCUT2D eigenvalue weighted by Crippen LogP contribution is -2.21. The van der Waals surface area contributed by atoms with E-state index < -0.39 is 5.91 Å². The lowest BCUT2D eigenvalue weighted by Gasteiger charge is -2.07. The van der Waals surface area contributed by atoms with Gasteiger partial charge in [-0.25, -0.2) is 10.1 Å². The summed E-state index contributed by atoms with van der Waals surface area (Å²) in [5.41, 5.74) is 11.7. The number of carbonyl (C=O) groups excluding carboxylic acids is 1. The minimum atomic E-state index is -0.532. The molecule has 0 aliphatic heterocycles. The predicted molar refractivity (Wildman–Crippen MR) is 129 cm³/mol. The largest absolute Gasteiger partial charge is 0.378 e. The van der Waals surface area contributed by atoms with Crippen molar-refractivity contribution in [1.82, 2.24) is 45.5 Å². The molecule has 0 aliphatic rings. The Morgan fingerprint density at radius 1 is 1.23 bits per heavy atom. The topological polar surface area (TPSA) is 168 Å². The molecule has 0 fully saturated rings. The Labute approximate surface area is 205 Å². The molecule has 35 heavy (non-hydrogen) atoms. The zero-order valence-electron chi connectivity index (χ0n) is 19.7. The van der Waals surface area contributed by atoms with Crippen LogP contribution in [0.15, 0.2) is 45.5 Å². The maximum absolute atomic E-state index is 13.0. The van der Waals surface area contributed by atoms with E-state index in [0.29, 0.717) is 22.5 Å². The number of anilines is 1. The highest BCUT2D eigenvalue weighted by Gasteiger charge is 2.24. The second-order valence-electron chi connectivity index (χ2n) is 8.22.